The van der Waals surface area contributed by atoms with E-state index in [2.05, 4.69) is 27.3 Å². The zero-order valence-corrected chi connectivity index (χ0v) is 14.6. The average molecular weight is 388 g/mol. The van der Waals surface area contributed by atoms with Gasteiger partial charge in [-0.2, -0.15) is 5.26 Å². The molecule has 3 rings (SSSR count). The number of hydrogen-bond donors (Lipinski definition) is 2. The second-order valence-corrected chi connectivity index (χ2v) is 6.44. The monoisotopic (exact) mass is 387 g/mol. The highest BCUT2D eigenvalue weighted by molar-refractivity contribution is 9.10. The van der Waals surface area contributed by atoms with E-state index in [1.54, 1.807) is 7.05 Å². The van der Waals surface area contributed by atoms with Crippen molar-refractivity contribution in [3.8, 4) is 6.07 Å². The van der Waals surface area contributed by atoms with E-state index >= 15 is 0 Å². The molecule has 0 saturated carbocycles. The minimum Gasteiger partial charge on any atom is -0.384 e. The number of nitrogens with one attached hydrogen (secondary N) is 1. The van der Waals surface area contributed by atoms with E-state index < -0.39 is 17.2 Å². The van der Waals surface area contributed by atoms with Crippen LogP contribution in [0.2, 0.25) is 0 Å². The third-order valence-corrected chi connectivity index (χ3v) is 4.62. The Labute approximate surface area is 145 Å². The van der Waals surface area contributed by atoms with Crippen molar-refractivity contribution in [2.75, 3.05) is 5.32 Å². The van der Waals surface area contributed by atoms with Gasteiger partial charge in [0.05, 0.1) is 23.1 Å². The predicted molar refractivity (Wildman–Crippen MR) is 93.4 cm³/mol. The summed E-state index contributed by atoms with van der Waals surface area (Å²) < 4.78 is 3.17. The zero-order valence-electron chi connectivity index (χ0n) is 13.0. The molecule has 0 aliphatic carbocycles. The second kappa shape index (κ2) is 5.69. The summed E-state index contributed by atoms with van der Waals surface area (Å²) in [7, 11) is 2.97. The highest BCUT2D eigenvalue weighted by Gasteiger charge is 2.34. The SMILES string of the molecule is Cn1c2c(c(=O)n(C)c1=O)[C@H](c1cccc(Br)c1)C(C#N)=C(N)N2. The van der Waals surface area contributed by atoms with Gasteiger partial charge in [0.1, 0.15) is 11.6 Å². The highest BCUT2D eigenvalue weighted by Crippen LogP contribution is 2.38. The number of halogens is 1. The lowest BCUT2D eigenvalue weighted by Gasteiger charge is -2.28. The number of rotatable bonds is 1. The molecule has 0 radical (unpaired) electrons. The molecule has 1 aliphatic rings. The first-order valence-electron chi connectivity index (χ1n) is 7.09. The van der Waals surface area contributed by atoms with Gasteiger partial charge in [0.2, 0.25) is 0 Å². The number of nitrogens with two attached hydrogens (primary N) is 1. The van der Waals surface area contributed by atoms with Crippen molar-refractivity contribution < 1.29 is 0 Å². The summed E-state index contributed by atoms with van der Waals surface area (Å²) in [6.45, 7) is 0. The number of nitriles is 1. The summed E-state index contributed by atoms with van der Waals surface area (Å²) in [5, 5.41) is 12.4. The van der Waals surface area contributed by atoms with Crippen LogP contribution in [-0.2, 0) is 14.1 Å². The van der Waals surface area contributed by atoms with E-state index in [0.717, 1.165) is 14.6 Å². The number of hydrogen-bond acceptors (Lipinski definition) is 5. The van der Waals surface area contributed by atoms with Gasteiger partial charge in [0, 0.05) is 18.6 Å². The summed E-state index contributed by atoms with van der Waals surface area (Å²) in [5.41, 5.74) is 6.38. The molecule has 8 heteroatoms. The number of benzene rings is 1. The van der Waals surface area contributed by atoms with E-state index in [9.17, 15) is 14.9 Å². The Kier molecular flexibility index (Phi) is 3.81. The first-order chi connectivity index (χ1) is 11.4. The van der Waals surface area contributed by atoms with Gasteiger partial charge in [0.25, 0.3) is 5.56 Å². The van der Waals surface area contributed by atoms with Crippen molar-refractivity contribution >= 4 is 21.7 Å². The van der Waals surface area contributed by atoms with Gasteiger partial charge in [0.15, 0.2) is 0 Å². The van der Waals surface area contributed by atoms with E-state index in [-0.39, 0.29) is 11.4 Å². The molecule has 1 aromatic carbocycles. The zero-order chi connectivity index (χ0) is 17.6. The molecule has 122 valence electrons. The molecule has 0 amide bonds. The molecule has 3 N–H and O–H groups in total. The Bertz CT molecular complexity index is 1040. The van der Waals surface area contributed by atoms with Crippen molar-refractivity contribution in [3.05, 3.63) is 72.1 Å². The van der Waals surface area contributed by atoms with Crippen molar-refractivity contribution in [3.63, 3.8) is 0 Å². The summed E-state index contributed by atoms with van der Waals surface area (Å²) in [6, 6.07) is 9.40. The second-order valence-electron chi connectivity index (χ2n) is 5.52. The van der Waals surface area contributed by atoms with Gasteiger partial charge in [-0.25, -0.2) is 4.79 Å². The Morgan fingerprint density at radius 2 is 2.00 bits per heavy atom. The number of fused-ring (bicyclic) bond motifs is 1. The number of nitrogens with zero attached hydrogens (tertiary/aromatic N) is 3. The van der Waals surface area contributed by atoms with Crippen LogP contribution in [0.25, 0.3) is 0 Å². The van der Waals surface area contributed by atoms with E-state index in [4.69, 9.17) is 5.73 Å². The predicted octanol–water partition coefficient (Wildman–Crippen LogP) is 1.10. The number of aromatic nitrogens is 2. The standard InChI is InChI=1S/C16H14BrN5O2/c1-21-14-12(15(23)22(2)16(21)24)11(10(7-18)13(19)20-14)8-4-3-5-9(17)6-8/h3-6,11,20H,19H2,1-2H3/t11-/m1/s1. The van der Waals surface area contributed by atoms with Crippen molar-refractivity contribution in [1.29, 1.82) is 5.26 Å². The molecular formula is C16H14BrN5O2. The van der Waals surface area contributed by atoms with Crippen LogP contribution >= 0.6 is 15.9 Å². The van der Waals surface area contributed by atoms with E-state index in [1.165, 1.54) is 11.6 Å². The number of allylic oxidation sites excluding steroid dienone is 1. The molecule has 0 spiro atoms. The molecule has 1 atom stereocenters. The summed E-state index contributed by atoms with van der Waals surface area (Å²) >= 11 is 3.40. The first kappa shape index (κ1) is 16.1. The van der Waals surface area contributed by atoms with E-state index in [1.807, 2.05) is 24.3 Å². The summed E-state index contributed by atoms with van der Waals surface area (Å²) in [6.07, 6.45) is 0. The Morgan fingerprint density at radius 3 is 2.62 bits per heavy atom. The fourth-order valence-corrected chi connectivity index (χ4v) is 3.34. The molecule has 0 fully saturated rings. The van der Waals surface area contributed by atoms with Crippen LogP contribution in [0.15, 0.2) is 49.7 Å². The van der Waals surface area contributed by atoms with Crippen LogP contribution in [0.1, 0.15) is 17.0 Å². The average Bonchev–Trinajstić information content (AvgIpc) is 2.57. The van der Waals surface area contributed by atoms with Crippen LogP contribution in [0, 0.1) is 11.3 Å². The molecule has 24 heavy (non-hydrogen) atoms. The smallest absolute Gasteiger partial charge is 0.332 e. The topological polar surface area (TPSA) is 106 Å². The molecule has 0 unspecified atom stereocenters. The minimum absolute atomic E-state index is 0.137. The van der Waals surface area contributed by atoms with Crippen LogP contribution in [-0.4, -0.2) is 9.13 Å². The molecule has 2 heterocycles. The van der Waals surface area contributed by atoms with Gasteiger partial charge < -0.3 is 11.1 Å². The summed E-state index contributed by atoms with van der Waals surface area (Å²) in [5.74, 6) is -0.197. The Morgan fingerprint density at radius 1 is 1.29 bits per heavy atom. The van der Waals surface area contributed by atoms with Crippen LogP contribution in [0.4, 0.5) is 5.82 Å². The lowest BCUT2D eigenvalue weighted by Crippen LogP contribution is -2.43. The van der Waals surface area contributed by atoms with Gasteiger partial charge in [-0.05, 0) is 17.7 Å². The molecule has 0 bridgehead atoms. The fraction of sp³-hybridized carbons (Fsp3) is 0.188. The van der Waals surface area contributed by atoms with Crippen molar-refractivity contribution in [2.45, 2.75) is 5.92 Å². The molecule has 7 nitrogen and oxygen atoms in total. The maximum atomic E-state index is 12.7. The van der Waals surface area contributed by atoms with Crippen LogP contribution < -0.4 is 22.3 Å². The van der Waals surface area contributed by atoms with Crippen LogP contribution in [0.5, 0.6) is 0 Å². The number of anilines is 1. The Hall–Kier alpha value is -2.79. The quantitative estimate of drug-likeness (QED) is 0.761. The van der Waals surface area contributed by atoms with Crippen LogP contribution in [0.3, 0.4) is 0 Å². The third-order valence-electron chi connectivity index (χ3n) is 4.12. The lowest BCUT2D eigenvalue weighted by atomic mass is 9.84. The lowest BCUT2D eigenvalue weighted by molar-refractivity contribution is 0.664. The maximum absolute atomic E-state index is 12.7. The minimum atomic E-state index is -0.644. The molecule has 0 saturated heterocycles. The molecule has 1 aromatic heterocycles. The van der Waals surface area contributed by atoms with Crippen molar-refractivity contribution in [1.82, 2.24) is 9.13 Å². The largest absolute Gasteiger partial charge is 0.384 e. The molecule has 1 aliphatic heterocycles. The highest BCUT2D eigenvalue weighted by atomic mass is 79.9. The van der Waals surface area contributed by atoms with Gasteiger partial charge in [-0.3, -0.25) is 13.9 Å². The maximum Gasteiger partial charge on any atom is 0.332 e. The normalized spacial score (nSPS) is 16.3. The third kappa shape index (κ3) is 2.25. The van der Waals surface area contributed by atoms with Gasteiger partial charge in [-0.15, -0.1) is 0 Å². The molecule has 2 aromatic rings. The Balaban J connectivity index is 2.44. The van der Waals surface area contributed by atoms with Gasteiger partial charge in [-0.1, -0.05) is 28.1 Å². The van der Waals surface area contributed by atoms with E-state index in [0.29, 0.717) is 11.4 Å². The first-order valence-corrected chi connectivity index (χ1v) is 7.88. The molecular weight excluding hydrogens is 374 g/mol. The fourth-order valence-electron chi connectivity index (χ4n) is 2.92. The van der Waals surface area contributed by atoms with Gasteiger partial charge >= 0.3 is 5.69 Å². The summed E-state index contributed by atoms with van der Waals surface area (Å²) in [4.78, 5) is 24.9. The van der Waals surface area contributed by atoms with Crippen molar-refractivity contribution in [2.24, 2.45) is 19.8 Å².